The van der Waals surface area contributed by atoms with E-state index in [-0.39, 0.29) is 24.1 Å². The largest absolute Gasteiger partial charge is 0.497 e. The van der Waals surface area contributed by atoms with E-state index in [0.717, 1.165) is 79.5 Å². The molecule has 8 heteroatoms. The first-order chi connectivity index (χ1) is 19.9. The molecule has 1 aromatic carbocycles. The van der Waals surface area contributed by atoms with Crippen molar-refractivity contribution in [3.63, 3.8) is 0 Å². The maximum Gasteiger partial charge on any atom is 0.228 e. The predicted octanol–water partition coefficient (Wildman–Crippen LogP) is 4.82. The highest BCUT2D eigenvalue weighted by molar-refractivity contribution is 5.93. The van der Waals surface area contributed by atoms with E-state index in [1.165, 1.54) is 18.4 Å². The Bertz CT molecular complexity index is 1360. The number of H-pyrrole nitrogens is 1. The minimum Gasteiger partial charge on any atom is -0.497 e. The number of piperidine rings is 2. The van der Waals surface area contributed by atoms with Crippen molar-refractivity contribution in [2.45, 2.75) is 83.1 Å². The highest BCUT2D eigenvalue weighted by Gasteiger charge is 2.57. The number of hydrogen-bond donors (Lipinski definition) is 2. The zero-order valence-corrected chi connectivity index (χ0v) is 24.6. The van der Waals surface area contributed by atoms with Crippen LogP contribution in [0.1, 0.15) is 82.4 Å². The van der Waals surface area contributed by atoms with Gasteiger partial charge in [-0.15, -0.1) is 0 Å². The molecule has 1 aromatic heterocycles. The molecule has 2 N–H and O–H groups in total. The van der Waals surface area contributed by atoms with Crippen molar-refractivity contribution in [1.29, 1.82) is 0 Å². The number of carbonyl (C=O) groups excluding carboxylic acids is 3. The monoisotopic (exact) mass is 560 g/mol. The summed E-state index contributed by atoms with van der Waals surface area (Å²) in [6, 6.07) is 6.00. The minimum atomic E-state index is -0.800. The SMILES string of the molecule is COc1ccc2[nH]c3c(c2c1)CCN1C(=O)C(CC(=O)NCCC2=CCCCC2)C[C@H](C(=O)N2CCCCC2)[C@@]31C. The van der Waals surface area contributed by atoms with Crippen LogP contribution in [-0.4, -0.2) is 65.8 Å². The normalized spacial score (nSPS) is 26.3. The highest BCUT2D eigenvalue weighted by atomic mass is 16.5. The van der Waals surface area contributed by atoms with Crippen LogP contribution in [-0.2, 0) is 26.3 Å². The Morgan fingerprint density at radius 1 is 1.10 bits per heavy atom. The number of amides is 3. The standard InChI is InChI=1S/C33H44N4O4/c1-33-27(32(40)36-16-7-4-8-17-36)19-23(20-29(38)34-15-13-22-9-5-3-6-10-22)31(39)37(33)18-14-25-26-21-24(41-2)11-12-28(26)35-30(25)33/h9,11-12,21,23,27,35H,3-8,10,13-20H2,1-2H3,(H,34,38)/t23?,27-,33+/m1/s1. The number of hydrogen-bond acceptors (Lipinski definition) is 4. The number of ether oxygens (including phenoxy) is 1. The Labute approximate surface area is 242 Å². The van der Waals surface area contributed by atoms with Gasteiger partial charge in [-0.05, 0) is 94.9 Å². The molecule has 2 saturated heterocycles. The molecule has 0 saturated carbocycles. The summed E-state index contributed by atoms with van der Waals surface area (Å²) < 4.78 is 5.50. The van der Waals surface area contributed by atoms with Crippen LogP contribution in [0.4, 0.5) is 0 Å². The molecule has 1 aliphatic carbocycles. The maximum atomic E-state index is 14.3. The zero-order chi connectivity index (χ0) is 28.6. The lowest BCUT2D eigenvalue weighted by Crippen LogP contribution is -2.64. The molecule has 41 heavy (non-hydrogen) atoms. The van der Waals surface area contributed by atoms with Gasteiger partial charge in [0.15, 0.2) is 0 Å². The number of rotatable bonds is 7. The summed E-state index contributed by atoms with van der Waals surface area (Å²) in [6.07, 6.45) is 12.3. The molecule has 3 amide bonds. The average Bonchev–Trinajstić information content (AvgIpc) is 3.38. The number of carbonyl (C=O) groups is 3. The van der Waals surface area contributed by atoms with E-state index in [1.54, 1.807) is 7.11 Å². The van der Waals surface area contributed by atoms with Crippen molar-refractivity contribution < 1.29 is 19.1 Å². The van der Waals surface area contributed by atoms with Gasteiger partial charge in [-0.2, -0.15) is 0 Å². The van der Waals surface area contributed by atoms with E-state index < -0.39 is 17.4 Å². The number of allylic oxidation sites excluding steroid dienone is 1. The van der Waals surface area contributed by atoms with E-state index >= 15 is 0 Å². The summed E-state index contributed by atoms with van der Waals surface area (Å²) in [6.45, 7) is 4.72. The first-order valence-corrected chi connectivity index (χ1v) is 15.6. The third-order valence-electron chi connectivity index (χ3n) is 10.1. The predicted molar refractivity (Wildman–Crippen MR) is 158 cm³/mol. The molecule has 0 radical (unpaired) electrons. The van der Waals surface area contributed by atoms with Gasteiger partial charge in [0, 0.05) is 55.1 Å². The van der Waals surface area contributed by atoms with Crippen LogP contribution in [0.2, 0.25) is 0 Å². The number of benzene rings is 1. The van der Waals surface area contributed by atoms with Gasteiger partial charge in [0.2, 0.25) is 17.7 Å². The van der Waals surface area contributed by atoms with Crippen molar-refractivity contribution in [1.82, 2.24) is 20.1 Å². The number of fused-ring (bicyclic) bond motifs is 5. The number of aromatic nitrogens is 1. The van der Waals surface area contributed by atoms with Crippen molar-refractivity contribution in [3.8, 4) is 5.75 Å². The van der Waals surface area contributed by atoms with E-state index in [2.05, 4.69) is 23.3 Å². The summed E-state index contributed by atoms with van der Waals surface area (Å²) in [4.78, 5) is 49.0. The second kappa shape index (κ2) is 11.5. The van der Waals surface area contributed by atoms with Crippen LogP contribution in [0.15, 0.2) is 29.8 Å². The quantitative estimate of drug-likeness (QED) is 0.475. The van der Waals surface area contributed by atoms with Gasteiger partial charge in [-0.3, -0.25) is 14.4 Å². The number of methoxy groups -OCH3 is 1. The highest BCUT2D eigenvalue weighted by Crippen LogP contribution is 2.50. The molecular weight excluding hydrogens is 516 g/mol. The molecular formula is C33H44N4O4. The van der Waals surface area contributed by atoms with E-state index in [9.17, 15) is 14.4 Å². The Morgan fingerprint density at radius 2 is 1.93 bits per heavy atom. The Balaban J connectivity index is 1.28. The van der Waals surface area contributed by atoms with Gasteiger partial charge in [-0.25, -0.2) is 0 Å². The van der Waals surface area contributed by atoms with Crippen LogP contribution in [0.25, 0.3) is 10.9 Å². The van der Waals surface area contributed by atoms with Crippen LogP contribution >= 0.6 is 0 Å². The fourth-order valence-corrected chi connectivity index (χ4v) is 7.81. The smallest absolute Gasteiger partial charge is 0.228 e. The molecule has 6 rings (SSSR count). The van der Waals surface area contributed by atoms with Gasteiger partial charge in [0.1, 0.15) is 5.75 Å². The Hall–Kier alpha value is -3.29. The third kappa shape index (κ3) is 5.15. The number of aromatic amines is 1. The molecule has 8 nitrogen and oxygen atoms in total. The maximum absolute atomic E-state index is 14.3. The van der Waals surface area contributed by atoms with Gasteiger partial charge in [0.05, 0.1) is 18.6 Å². The number of nitrogens with one attached hydrogen (secondary N) is 2. The van der Waals surface area contributed by atoms with E-state index in [1.807, 2.05) is 28.0 Å². The van der Waals surface area contributed by atoms with Crippen molar-refractivity contribution in [3.05, 3.63) is 41.1 Å². The van der Waals surface area contributed by atoms with Crippen molar-refractivity contribution in [2.24, 2.45) is 11.8 Å². The van der Waals surface area contributed by atoms with Crippen LogP contribution < -0.4 is 10.1 Å². The lowest BCUT2D eigenvalue weighted by molar-refractivity contribution is -0.164. The summed E-state index contributed by atoms with van der Waals surface area (Å²) in [7, 11) is 1.67. The Kier molecular flexibility index (Phi) is 7.84. The van der Waals surface area contributed by atoms with E-state index in [4.69, 9.17) is 4.74 Å². The van der Waals surface area contributed by atoms with Gasteiger partial charge in [-0.1, -0.05) is 11.6 Å². The summed E-state index contributed by atoms with van der Waals surface area (Å²) in [5.74, 6) is -0.119. The number of nitrogens with zero attached hydrogens (tertiary/aromatic N) is 2. The molecule has 3 aliphatic heterocycles. The topological polar surface area (TPSA) is 94.7 Å². The Morgan fingerprint density at radius 3 is 2.68 bits per heavy atom. The van der Waals surface area contributed by atoms with Gasteiger partial charge >= 0.3 is 0 Å². The molecule has 2 fully saturated rings. The lowest BCUT2D eigenvalue weighted by Gasteiger charge is -2.54. The minimum absolute atomic E-state index is 0.0118. The summed E-state index contributed by atoms with van der Waals surface area (Å²) >= 11 is 0. The molecule has 4 aliphatic rings. The second-order valence-electron chi connectivity index (χ2n) is 12.6. The summed E-state index contributed by atoms with van der Waals surface area (Å²) in [5, 5.41) is 4.16. The zero-order valence-electron chi connectivity index (χ0n) is 24.6. The molecule has 0 spiro atoms. The third-order valence-corrected chi connectivity index (χ3v) is 10.1. The van der Waals surface area contributed by atoms with E-state index in [0.29, 0.717) is 25.9 Å². The fraction of sp³-hybridized carbons (Fsp3) is 0.606. The molecule has 4 heterocycles. The molecule has 3 atom stereocenters. The van der Waals surface area contributed by atoms with Crippen LogP contribution in [0.5, 0.6) is 5.75 Å². The first-order valence-electron chi connectivity index (χ1n) is 15.6. The number of likely N-dealkylation sites (tertiary alicyclic amines) is 1. The molecule has 1 unspecified atom stereocenters. The average molecular weight is 561 g/mol. The molecule has 2 aromatic rings. The molecule has 220 valence electrons. The lowest BCUT2D eigenvalue weighted by atomic mass is 9.67. The van der Waals surface area contributed by atoms with Gasteiger partial charge < -0.3 is 24.8 Å². The van der Waals surface area contributed by atoms with Crippen molar-refractivity contribution >= 4 is 28.6 Å². The first kappa shape index (κ1) is 27.9. The summed E-state index contributed by atoms with van der Waals surface area (Å²) in [5.41, 5.74) is 3.74. The van der Waals surface area contributed by atoms with Crippen LogP contribution in [0.3, 0.4) is 0 Å². The second-order valence-corrected chi connectivity index (χ2v) is 12.6. The van der Waals surface area contributed by atoms with Crippen molar-refractivity contribution in [2.75, 3.05) is 33.3 Å². The fourth-order valence-electron chi connectivity index (χ4n) is 7.81. The van der Waals surface area contributed by atoms with Crippen LogP contribution in [0, 0.1) is 11.8 Å². The van der Waals surface area contributed by atoms with Gasteiger partial charge in [0.25, 0.3) is 0 Å². The molecule has 0 bridgehead atoms.